The lowest BCUT2D eigenvalue weighted by Crippen LogP contribution is -2.28. The van der Waals surface area contributed by atoms with Crippen molar-refractivity contribution in [3.05, 3.63) is 52.0 Å². The second-order valence-electron chi connectivity index (χ2n) is 6.06. The van der Waals surface area contributed by atoms with E-state index in [0.29, 0.717) is 18.8 Å². The van der Waals surface area contributed by atoms with Crippen LogP contribution in [-0.2, 0) is 10.0 Å². The van der Waals surface area contributed by atoms with Crippen LogP contribution in [0.2, 0.25) is 10.0 Å². The van der Waals surface area contributed by atoms with Crippen molar-refractivity contribution in [1.29, 1.82) is 0 Å². The summed E-state index contributed by atoms with van der Waals surface area (Å²) < 4.78 is 33.2. The number of rotatable bonds is 5. The molecule has 1 fully saturated rings. The molecular formula is C18H18Cl2N2O4S. The number of ether oxygens (including phenoxy) is 1. The van der Waals surface area contributed by atoms with Gasteiger partial charge in [-0.1, -0.05) is 29.3 Å². The van der Waals surface area contributed by atoms with Crippen LogP contribution in [0.1, 0.15) is 23.2 Å². The van der Waals surface area contributed by atoms with Crippen molar-refractivity contribution < 1.29 is 17.9 Å². The number of benzene rings is 2. The van der Waals surface area contributed by atoms with Crippen molar-refractivity contribution in [3.8, 4) is 5.75 Å². The Hall–Kier alpha value is -1.96. The number of likely N-dealkylation sites (tertiary alicyclic amines) is 1. The van der Waals surface area contributed by atoms with Gasteiger partial charge in [0.05, 0.1) is 33.3 Å². The first kappa shape index (κ1) is 19.8. The first-order valence-electron chi connectivity index (χ1n) is 8.27. The SMILES string of the molecule is COc1ccc(S(=O)(=O)Nc2c(Cl)cccc2Cl)cc1C(=O)N1CCCC1. The van der Waals surface area contributed by atoms with E-state index in [9.17, 15) is 13.2 Å². The summed E-state index contributed by atoms with van der Waals surface area (Å²) in [6.07, 6.45) is 1.86. The molecule has 27 heavy (non-hydrogen) atoms. The molecule has 0 aliphatic carbocycles. The third kappa shape index (κ3) is 4.15. The Kier molecular flexibility index (Phi) is 5.83. The third-order valence-electron chi connectivity index (χ3n) is 4.30. The van der Waals surface area contributed by atoms with Crippen molar-refractivity contribution in [2.45, 2.75) is 17.7 Å². The van der Waals surface area contributed by atoms with E-state index in [4.69, 9.17) is 27.9 Å². The van der Waals surface area contributed by atoms with Crippen LogP contribution < -0.4 is 9.46 Å². The highest BCUT2D eigenvalue weighted by Gasteiger charge is 2.25. The number of nitrogens with one attached hydrogen (secondary N) is 1. The highest BCUT2D eigenvalue weighted by molar-refractivity contribution is 7.92. The summed E-state index contributed by atoms with van der Waals surface area (Å²) >= 11 is 12.1. The first-order valence-corrected chi connectivity index (χ1v) is 10.5. The van der Waals surface area contributed by atoms with Crippen LogP contribution in [0.15, 0.2) is 41.3 Å². The number of halogens is 2. The largest absolute Gasteiger partial charge is 0.496 e. The van der Waals surface area contributed by atoms with Gasteiger partial charge in [0.2, 0.25) is 0 Å². The topological polar surface area (TPSA) is 75.7 Å². The monoisotopic (exact) mass is 428 g/mol. The molecule has 1 amide bonds. The van der Waals surface area contributed by atoms with Gasteiger partial charge in [0.15, 0.2) is 0 Å². The molecule has 6 nitrogen and oxygen atoms in total. The minimum atomic E-state index is -4.01. The Labute approximate surface area is 168 Å². The second kappa shape index (κ2) is 7.96. The second-order valence-corrected chi connectivity index (χ2v) is 8.56. The predicted molar refractivity (Wildman–Crippen MR) is 105 cm³/mol. The Morgan fingerprint density at radius 1 is 1.11 bits per heavy atom. The van der Waals surface area contributed by atoms with Gasteiger partial charge in [0.1, 0.15) is 5.75 Å². The Morgan fingerprint density at radius 3 is 2.33 bits per heavy atom. The number of carbonyl (C=O) groups excluding carboxylic acids is 1. The molecule has 1 aliphatic heterocycles. The van der Waals surface area contributed by atoms with Crippen molar-refractivity contribution in [3.63, 3.8) is 0 Å². The van der Waals surface area contributed by atoms with Gasteiger partial charge in [-0.05, 0) is 43.2 Å². The number of sulfonamides is 1. The number of nitrogens with zero attached hydrogens (tertiary/aromatic N) is 1. The smallest absolute Gasteiger partial charge is 0.262 e. The molecule has 0 unspecified atom stereocenters. The van der Waals surface area contributed by atoms with E-state index in [-0.39, 0.29) is 32.1 Å². The molecule has 0 spiro atoms. The number of anilines is 1. The van der Waals surface area contributed by atoms with E-state index < -0.39 is 10.0 Å². The molecule has 1 saturated heterocycles. The summed E-state index contributed by atoms with van der Waals surface area (Å²) in [5.41, 5.74) is 0.289. The van der Waals surface area contributed by atoms with Crippen LogP contribution in [0.4, 0.5) is 5.69 Å². The number of amides is 1. The molecule has 1 heterocycles. The van der Waals surface area contributed by atoms with Gasteiger partial charge < -0.3 is 9.64 Å². The number of hydrogen-bond donors (Lipinski definition) is 1. The van der Waals surface area contributed by atoms with E-state index >= 15 is 0 Å². The minimum absolute atomic E-state index is 0.0816. The fraction of sp³-hybridized carbons (Fsp3) is 0.278. The summed E-state index contributed by atoms with van der Waals surface area (Å²) in [5, 5.41) is 0.348. The summed E-state index contributed by atoms with van der Waals surface area (Å²) in [7, 11) is -2.57. The average Bonchev–Trinajstić information content (AvgIpc) is 3.18. The molecule has 0 saturated carbocycles. The zero-order valence-corrected chi connectivity index (χ0v) is 16.9. The first-order chi connectivity index (χ1) is 12.8. The molecule has 144 valence electrons. The number of hydrogen-bond acceptors (Lipinski definition) is 4. The van der Waals surface area contributed by atoms with Crippen LogP contribution in [-0.4, -0.2) is 39.4 Å². The highest BCUT2D eigenvalue weighted by Crippen LogP contribution is 2.33. The van der Waals surface area contributed by atoms with Crippen LogP contribution in [0.3, 0.4) is 0 Å². The van der Waals surface area contributed by atoms with Gasteiger partial charge >= 0.3 is 0 Å². The van der Waals surface area contributed by atoms with Gasteiger partial charge in [-0.2, -0.15) is 0 Å². The van der Waals surface area contributed by atoms with Crippen molar-refractivity contribution >= 4 is 44.8 Å². The molecule has 0 radical (unpaired) electrons. The molecule has 2 aromatic rings. The molecule has 0 atom stereocenters. The van der Waals surface area contributed by atoms with Crippen LogP contribution >= 0.6 is 23.2 Å². The van der Waals surface area contributed by atoms with Crippen LogP contribution in [0.25, 0.3) is 0 Å². The van der Waals surface area contributed by atoms with Crippen molar-refractivity contribution in [1.82, 2.24) is 4.90 Å². The third-order valence-corrected chi connectivity index (χ3v) is 6.28. The van der Waals surface area contributed by atoms with E-state index in [1.54, 1.807) is 11.0 Å². The summed E-state index contributed by atoms with van der Waals surface area (Å²) in [6, 6.07) is 8.82. The lowest BCUT2D eigenvalue weighted by molar-refractivity contribution is 0.0789. The Balaban J connectivity index is 1.98. The van der Waals surface area contributed by atoms with E-state index in [1.807, 2.05) is 0 Å². The van der Waals surface area contributed by atoms with Gasteiger partial charge in [-0.3, -0.25) is 9.52 Å². The molecule has 1 aliphatic rings. The minimum Gasteiger partial charge on any atom is -0.496 e. The van der Waals surface area contributed by atoms with Crippen LogP contribution in [0.5, 0.6) is 5.75 Å². The highest BCUT2D eigenvalue weighted by atomic mass is 35.5. The van der Waals surface area contributed by atoms with E-state index in [1.165, 1.54) is 37.4 Å². The Bertz CT molecular complexity index is 953. The standard InChI is InChI=1S/C18H18Cl2N2O4S/c1-26-16-8-7-12(11-13(16)18(23)22-9-2-3-10-22)27(24,25)21-17-14(19)5-4-6-15(17)20/h4-8,11,21H,2-3,9-10H2,1H3. The molecular weight excluding hydrogens is 411 g/mol. The lowest BCUT2D eigenvalue weighted by atomic mass is 10.1. The number of methoxy groups -OCH3 is 1. The van der Waals surface area contributed by atoms with Crippen LogP contribution in [0, 0.1) is 0 Å². The van der Waals surface area contributed by atoms with Gasteiger partial charge in [-0.25, -0.2) is 8.42 Å². The van der Waals surface area contributed by atoms with Gasteiger partial charge in [0, 0.05) is 13.1 Å². The summed E-state index contributed by atoms with van der Waals surface area (Å²) in [4.78, 5) is 14.4. The Morgan fingerprint density at radius 2 is 1.74 bits per heavy atom. The molecule has 0 bridgehead atoms. The van der Waals surface area contributed by atoms with E-state index in [0.717, 1.165) is 12.8 Å². The van der Waals surface area contributed by atoms with E-state index in [2.05, 4.69) is 4.72 Å². The molecule has 0 aromatic heterocycles. The number of para-hydroxylation sites is 1. The maximum Gasteiger partial charge on any atom is 0.262 e. The fourth-order valence-corrected chi connectivity index (χ4v) is 4.63. The van der Waals surface area contributed by atoms with Gasteiger partial charge in [-0.15, -0.1) is 0 Å². The maximum atomic E-state index is 12.8. The predicted octanol–water partition coefficient (Wildman–Crippen LogP) is 4.04. The molecule has 1 N–H and O–H groups in total. The summed E-state index contributed by atoms with van der Waals surface area (Å²) in [6.45, 7) is 1.29. The van der Waals surface area contributed by atoms with Crippen molar-refractivity contribution in [2.75, 3.05) is 24.9 Å². The zero-order chi connectivity index (χ0) is 19.6. The number of carbonyl (C=O) groups is 1. The fourth-order valence-electron chi connectivity index (χ4n) is 2.90. The zero-order valence-electron chi connectivity index (χ0n) is 14.5. The molecule has 9 heteroatoms. The molecule has 3 rings (SSSR count). The van der Waals surface area contributed by atoms with Crippen molar-refractivity contribution in [2.24, 2.45) is 0 Å². The maximum absolute atomic E-state index is 12.8. The quantitative estimate of drug-likeness (QED) is 0.779. The van der Waals surface area contributed by atoms with Gasteiger partial charge in [0.25, 0.3) is 15.9 Å². The molecule has 2 aromatic carbocycles. The summed E-state index contributed by atoms with van der Waals surface area (Å²) in [5.74, 6) is 0.0683. The lowest BCUT2D eigenvalue weighted by Gasteiger charge is -2.18. The average molecular weight is 429 g/mol. The normalized spacial score (nSPS) is 14.3.